The van der Waals surface area contributed by atoms with Crippen molar-refractivity contribution in [3.8, 4) is 17.1 Å². The standard InChI is InChI=1S/C20H23N7O/c1-5-28-20-15(7-6-8-21-20)16-9-17(19-18(25-16)11-23-27(19)4)24-13(2)14-10-22-26(3)12-14/h6-13H,5H2,1-4H3,(H,24,25)/t13-/m0/s1. The second-order valence-electron chi connectivity index (χ2n) is 6.66. The number of aromatic nitrogens is 6. The summed E-state index contributed by atoms with van der Waals surface area (Å²) >= 11 is 0. The number of fused-ring (bicyclic) bond motifs is 1. The molecule has 28 heavy (non-hydrogen) atoms. The van der Waals surface area contributed by atoms with E-state index in [0.29, 0.717) is 12.5 Å². The van der Waals surface area contributed by atoms with E-state index in [1.165, 1.54) is 0 Å². The highest BCUT2D eigenvalue weighted by molar-refractivity contribution is 5.91. The van der Waals surface area contributed by atoms with Crippen molar-refractivity contribution in [3.63, 3.8) is 0 Å². The molecule has 0 aliphatic heterocycles. The maximum Gasteiger partial charge on any atom is 0.222 e. The molecule has 0 spiro atoms. The first kappa shape index (κ1) is 18.0. The minimum atomic E-state index is 0.0716. The highest BCUT2D eigenvalue weighted by Gasteiger charge is 2.17. The first-order valence-corrected chi connectivity index (χ1v) is 9.22. The van der Waals surface area contributed by atoms with Crippen LogP contribution in [0.25, 0.3) is 22.3 Å². The van der Waals surface area contributed by atoms with Gasteiger partial charge in [0.25, 0.3) is 0 Å². The smallest absolute Gasteiger partial charge is 0.222 e. The van der Waals surface area contributed by atoms with Gasteiger partial charge in [-0.3, -0.25) is 9.36 Å². The summed E-state index contributed by atoms with van der Waals surface area (Å²) in [7, 11) is 3.83. The summed E-state index contributed by atoms with van der Waals surface area (Å²) in [6.07, 6.45) is 7.37. The van der Waals surface area contributed by atoms with Gasteiger partial charge in [-0.25, -0.2) is 9.97 Å². The molecule has 0 aliphatic carbocycles. The Morgan fingerprint density at radius 3 is 2.82 bits per heavy atom. The van der Waals surface area contributed by atoms with Gasteiger partial charge in [-0.05, 0) is 32.0 Å². The maximum atomic E-state index is 5.70. The van der Waals surface area contributed by atoms with Crippen LogP contribution in [-0.2, 0) is 14.1 Å². The average Bonchev–Trinajstić information content (AvgIpc) is 3.28. The van der Waals surface area contributed by atoms with Gasteiger partial charge < -0.3 is 10.1 Å². The maximum absolute atomic E-state index is 5.70. The van der Waals surface area contributed by atoms with Crippen LogP contribution in [0.3, 0.4) is 0 Å². The first-order chi connectivity index (χ1) is 13.6. The molecule has 0 saturated heterocycles. The Balaban J connectivity index is 1.80. The first-order valence-electron chi connectivity index (χ1n) is 9.22. The van der Waals surface area contributed by atoms with Crippen molar-refractivity contribution in [1.29, 1.82) is 0 Å². The molecule has 0 fully saturated rings. The van der Waals surface area contributed by atoms with Crippen LogP contribution in [0.2, 0.25) is 0 Å². The Hall–Kier alpha value is -3.42. The Kier molecular flexibility index (Phi) is 4.68. The molecule has 8 heteroatoms. The number of ether oxygens (including phenoxy) is 1. The highest BCUT2D eigenvalue weighted by atomic mass is 16.5. The quantitative estimate of drug-likeness (QED) is 0.555. The van der Waals surface area contributed by atoms with E-state index in [1.54, 1.807) is 17.1 Å². The summed E-state index contributed by atoms with van der Waals surface area (Å²) in [5.41, 5.74) is 5.45. The third kappa shape index (κ3) is 3.28. The summed E-state index contributed by atoms with van der Waals surface area (Å²) in [5, 5.41) is 12.2. The van der Waals surface area contributed by atoms with Crippen molar-refractivity contribution >= 4 is 16.7 Å². The fraction of sp³-hybridized carbons (Fsp3) is 0.300. The van der Waals surface area contributed by atoms with Gasteiger partial charge in [0.2, 0.25) is 5.88 Å². The molecule has 144 valence electrons. The van der Waals surface area contributed by atoms with Crippen LogP contribution in [0, 0.1) is 0 Å². The largest absolute Gasteiger partial charge is 0.477 e. The van der Waals surface area contributed by atoms with Gasteiger partial charge in [-0.2, -0.15) is 10.2 Å². The van der Waals surface area contributed by atoms with Crippen LogP contribution in [0.5, 0.6) is 5.88 Å². The molecule has 1 N–H and O–H groups in total. The van der Waals surface area contributed by atoms with Gasteiger partial charge in [-0.1, -0.05) is 0 Å². The molecule has 1 atom stereocenters. The summed E-state index contributed by atoms with van der Waals surface area (Å²) in [4.78, 5) is 9.15. The summed E-state index contributed by atoms with van der Waals surface area (Å²) in [6.45, 7) is 4.59. The van der Waals surface area contributed by atoms with Gasteiger partial charge in [0.1, 0.15) is 11.0 Å². The van der Waals surface area contributed by atoms with Gasteiger partial charge in [0.15, 0.2) is 0 Å². The molecule has 0 saturated carbocycles. The number of aryl methyl sites for hydroxylation is 2. The van der Waals surface area contributed by atoms with Crippen LogP contribution in [0.15, 0.2) is 43.0 Å². The van der Waals surface area contributed by atoms with Gasteiger partial charge in [0, 0.05) is 32.1 Å². The number of hydrogen-bond donors (Lipinski definition) is 1. The van der Waals surface area contributed by atoms with E-state index in [2.05, 4.69) is 27.4 Å². The second-order valence-corrected chi connectivity index (χ2v) is 6.66. The Labute approximate surface area is 163 Å². The van der Waals surface area contributed by atoms with E-state index in [0.717, 1.165) is 33.5 Å². The van der Waals surface area contributed by atoms with Crippen molar-refractivity contribution in [2.75, 3.05) is 11.9 Å². The van der Waals surface area contributed by atoms with Crippen LogP contribution in [0.1, 0.15) is 25.5 Å². The SMILES string of the molecule is CCOc1ncccc1-c1cc(N[C@@H](C)c2cnn(C)c2)c2c(cnn2C)n1. The molecule has 0 aromatic carbocycles. The lowest BCUT2D eigenvalue weighted by Gasteiger charge is -2.16. The fourth-order valence-corrected chi connectivity index (χ4v) is 3.25. The topological polar surface area (TPSA) is 82.7 Å². The van der Waals surface area contributed by atoms with Crippen molar-refractivity contribution in [1.82, 2.24) is 29.5 Å². The monoisotopic (exact) mass is 377 g/mol. The average molecular weight is 377 g/mol. The number of rotatable bonds is 6. The molecule has 0 radical (unpaired) electrons. The zero-order valence-corrected chi connectivity index (χ0v) is 16.4. The Morgan fingerprint density at radius 2 is 2.07 bits per heavy atom. The Morgan fingerprint density at radius 1 is 1.21 bits per heavy atom. The molecule has 0 bridgehead atoms. The summed E-state index contributed by atoms with van der Waals surface area (Å²) in [6, 6.07) is 5.95. The van der Waals surface area contributed by atoms with E-state index in [4.69, 9.17) is 9.72 Å². The number of pyridine rings is 2. The van der Waals surface area contributed by atoms with Crippen molar-refractivity contribution in [3.05, 3.63) is 48.5 Å². The minimum Gasteiger partial charge on any atom is -0.477 e. The molecule has 4 heterocycles. The number of anilines is 1. The molecule has 4 aromatic rings. The molecular formula is C20H23N7O. The normalized spacial score (nSPS) is 12.3. The van der Waals surface area contributed by atoms with Crippen molar-refractivity contribution in [2.24, 2.45) is 14.1 Å². The van der Waals surface area contributed by atoms with E-state index in [1.807, 2.05) is 56.3 Å². The predicted molar refractivity (Wildman–Crippen MR) is 108 cm³/mol. The number of nitrogens with one attached hydrogen (secondary N) is 1. The van der Waals surface area contributed by atoms with Crippen LogP contribution in [0.4, 0.5) is 5.69 Å². The fourth-order valence-electron chi connectivity index (χ4n) is 3.25. The second kappa shape index (κ2) is 7.30. The summed E-state index contributed by atoms with van der Waals surface area (Å²) < 4.78 is 9.33. The van der Waals surface area contributed by atoms with Crippen LogP contribution >= 0.6 is 0 Å². The Bertz CT molecular complexity index is 1110. The lowest BCUT2D eigenvalue weighted by molar-refractivity contribution is 0.328. The van der Waals surface area contributed by atoms with Crippen LogP contribution < -0.4 is 10.1 Å². The molecule has 8 nitrogen and oxygen atoms in total. The molecule has 4 aromatic heterocycles. The molecular weight excluding hydrogens is 354 g/mol. The van der Waals surface area contributed by atoms with E-state index in [9.17, 15) is 0 Å². The number of nitrogens with zero attached hydrogens (tertiary/aromatic N) is 6. The van der Waals surface area contributed by atoms with Gasteiger partial charge in [-0.15, -0.1) is 0 Å². The van der Waals surface area contributed by atoms with Crippen molar-refractivity contribution < 1.29 is 4.74 Å². The van der Waals surface area contributed by atoms with E-state index in [-0.39, 0.29) is 6.04 Å². The zero-order valence-electron chi connectivity index (χ0n) is 16.4. The lowest BCUT2D eigenvalue weighted by atomic mass is 10.1. The van der Waals surface area contributed by atoms with E-state index >= 15 is 0 Å². The zero-order chi connectivity index (χ0) is 19.7. The van der Waals surface area contributed by atoms with E-state index < -0.39 is 0 Å². The molecule has 4 rings (SSSR count). The predicted octanol–water partition coefficient (Wildman–Crippen LogP) is 3.34. The third-order valence-electron chi connectivity index (χ3n) is 4.62. The number of hydrogen-bond acceptors (Lipinski definition) is 6. The van der Waals surface area contributed by atoms with Crippen LogP contribution in [-0.4, -0.2) is 36.1 Å². The highest BCUT2D eigenvalue weighted by Crippen LogP contribution is 2.33. The van der Waals surface area contributed by atoms with Gasteiger partial charge in [0.05, 0.1) is 42.0 Å². The summed E-state index contributed by atoms with van der Waals surface area (Å²) in [5.74, 6) is 0.576. The molecule has 0 unspecified atom stereocenters. The minimum absolute atomic E-state index is 0.0716. The molecule has 0 amide bonds. The van der Waals surface area contributed by atoms with Crippen molar-refractivity contribution in [2.45, 2.75) is 19.9 Å². The van der Waals surface area contributed by atoms with Gasteiger partial charge >= 0.3 is 0 Å². The molecule has 0 aliphatic rings. The third-order valence-corrected chi connectivity index (χ3v) is 4.62. The lowest BCUT2D eigenvalue weighted by Crippen LogP contribution is -2.08.